The normalized spacial score (nSPS) is 13.2. The van der Waals surface area contributed by atoms with Crippen LogP contribution in [0.3, 0.4) is 0 Å². The van der Waals surface area contributed by atoms with Crippen LogP contribution in [0.2, 0.25) is 0 Å². The average molecular weight is 724 g/mol. The van der Waals surface area contributed by atoms with Crippen LogP contribution in [-0.4, -0.2) is 82.3 Å². The van der Waals surface area contributed by atoms with Crippen LogP contribution in [0.5, 0.6) is 0 Å². The Balaban J connectivity index is 4.43. The van der Waals surface area contributed by atoms with Crippen molar-refractivity contribution in [3.63, 3.8) is 0 Å². The maximum absolute atomic E-state index is 12.7. The highest BCUT2D eigenvalue weighted by Crippen LogP contribution is 2.13. The molecule has 0 aliphatic heterocycles. The predicted molar refractivity (Wildman–Crippen MR) is 205 cm³/mol. The number of carboxylic acid groups (broad SMARTS) is 1. The summed E-state index contributed by atoms with van der Waals surface area (Å²) in [5, 5.41) is 11.6. The Hall–Kier alpha value is -2.23. The fourth-order valence-corrected chi connectivity index (χ4v) is 5.45. The SMILES string of the molecule is CCCCCC/C=C\C/C=C\CCCCCCCCCC(=O)OC(COC(=O)CCCCCCCCCC)COC(OCC[N+](C)(C)C)C(=O)[O-]. The fraction of sp³-hybridized carbons (Fsp3) is 0.833. The van der Waals surface area contributed by atoms with Crippen molar-refractivity contribution in [3.05, 3.63) is 24.3 Å². The van der Waals surface area contributed by atoms with Gasteiger partial charge in [0.25, 0.3) is 0 Å². The lowest BCUT2D eigenvalue weighted by atomic mass is 10.1. The number of nitrogens with zero attached hydrogens (tertiary/aromatic N) is 1. The predicted octanol–water partition coefficient (Wildman–Crippen LogP) is 8.77. The molecule has 0 aromatic carbocycles. The lowest BCUT2D eigenvalue weighted by Crippen LogP contribution is -2.44. The molecule has 0 aliphatic rings. The van der Waals surface area contributed by atoms with E-state index in [2.05, 4.69) is 38.2 Å². The van der Waals surface area contributed by atoms with Gasteiger partial charge in [-0.15, -0.1) is 0 Å². The van der Waals surface area contributed by atoms with Crippen LogP contribution in [-0.2, 0) is 33.3 Å². The molecule has 2 unspecified atom stereocenters. The second-order valence-electron chi connectivity index (χ2n) is 14.9. The van der Waals surface area contributed by atoms with Gasteiger partial charge in [-0.2, -0.15) is 0 Å². The van der Waals surface area contributed by atoms with Crippen molar-refractivity contribution in [1.29, 1.82) is 0 Å². The Morgan fingerprint density at radius 3 is 1.57 bits per heavy atom. The summed E-state index contributed by atoms with van der Waals surface area (Å²) in [5.41, 5.74) is 0. The Kier molecular flexibility index (Phi) is 33.3. The van der Waals surface area contributed by atoms with Gasteiger partial charge in [-0.3, -0.25) is 9.59 Å². The third-order valence-electron chi connectivity index (χ3n) is 8.70. The van der Waals surface area contributed by atoms with E-state index in [-0.39, 0.29) is 32.2 Å². The monoisotopic (exact) mass is 724 g/mol. The maximum atomic E-state index is 12.7. The number of likely N-dealkylation sites (N-methyl/N-ethyl adjacent to an activating group) is 1. The highest BCUT2D eigenvalue weighted by molar-refractivity contribution is 5.70. The van der Waals surface area contributed by atoms with Crippen molar-refractivity contribution in [1.82, 2.24) is 0 Å². The minimum absolute atomic E-state index is 0.147. The van der Waals surface area contributed by atoms with E-state index in [4.69, 9.17) is 18.9 Å². The standard InChI is InChI=1S/C42H77NO8/c1-6-8-10-12-14-16-17-18-19-20-21-22-23-24-25-27-29-31-33-40(45)51-38(37-50-42(41(46)47)48-35-34-43(3,4)5)36-49-39(44)32-30-28-26-15-13-11-9-7-2/h16-17,19-20,38,42H,6-15,18,21-37H2,1-5H3/b17-16-,20-19-. The van der Waals surface area contributed by atoms with Crippen molar-refractivity contribution in [2.24, 2.45) is 0 Å². The summed E-state index contributed by atoms with van der Waals surface area (Å²) in [6, 6.07) is 0. The summed E-state index contributed by atoms with van der Waals surface area (Å²) >= 11 is 0. The minimum atomic E-state index is -1.62. The van der Waals surface area contributed by atoms with Crippen LogP contribution in [0, 0.1) is 0 Å². The van der Waals surface area contributed by atoms with Gasteiger partial charge in [0.2, 0.25) is 0 Å². The molecule has 0 rings (SSSR count). The van der Waals surface area contributed by atoms with Gasteiger partial charge in [-0.1, -0.05) is 134 Å². The average Bonchev–Trinajstić information content (AvgIpc) is 3.08. The molecule has 0 N–H and O–H groups in total. The highest BCUT2D eigenvalue weighted by Gasteiger charge is 2.21. The minimum Gasteiger partial charge on any atom is -0.545 e. The quantitative estimate of drug-likeness (QED) is 0.0206. The van der Waals surface area contributed by atoms with Crippen LogP contribution in [0.4, 0.5) is 0 Å². The summed E-state index contributed by atoms with van der Waals surface area (Å²) < 4.78 is 22.4. The first kappa shape index (κ1) is 48.8. The molecule has 0 spiro atoms. The number of hydrogen-bond donors (Lipinski definition) is 0. The molecule has 9 heteroatoms. The molecule has 0 saturated carbocycles. The van der Waals surface area contributed by atoms with Crippen molar-refractivity contribution < 1.29 is 42.9 Å². The van der Waals surface area contributed by atoms with E-state index in [9.17, 15) is 19.5 Å². The van der Waals surface area contributed by atoms with E-state index >= 15 is 0 Å². The number of rotatable bonds is 37. The summed E-state index contributed by atoms with van der Waals surface area (Å²) in [4.78, 5) is 36.7. The molecule has 0 heterocycles. The number of allylic oxidation sites excluding steroid dienone is 4. The van der Waals surface area contributed by atoms with Crippen molar-refractivity contribution in [3.8, 4) is 0 Å². The number of carbonyl (C=O) groups is 3. The number of aliphatic carboxylic acids is 1. The van der Waals surface area contributed by atoms with E-state index in [1.165, 1.54) is 83.5 Å². The zero-order chi connectivity index (χ0) is 37.8. The van der Waals surface area contributed by atoms with Gasteiger partial charge in [-0.25, -0.2) is 0 Å². The summed E-state index contributed by atoms with van der Waals surface area (Å²) in [6.07, 6.45) is 32.2. The summed E-state index contributed by atoms with van der Waals surface area (Å²) in [6.45, 7) is 4.67. The van der Waals surface area contributed by atoms with Crippen LogP contribution in [0.25, 0.3) is 0 Å². The number of hydrogen-bond acceptors (Lipinski definition) is 8. The molecule has 0 radical (unpaired) electrons. The third kappa shape index (κ3) is 35.9. The molecule has 0 saturated heterocycles. The lowest BCUT2D eigenvalue weighted by molar-refractivity contribution is -0.870. The molecule has 0 aromatic rings. The molecule has 9 nitrogen and oxygen atoms in total. The first-order valence-electron chi connectivity index (χ1n) is 20.5. The Bertz CT molecular complexity index is 898. The van der Waals surface area contributed by atoms with Gasteiger partial charge in [0.15, 0.2) is 12.4 Å². The second-order valence-corrected chi connectivity index (χ2v) is 14.9. The van der Waals surface area contributed by atoms with Crippen molar-refractivity contribution in [2.75, 3.05) is 47.5 Å². The molecular formula is C42H77NO8. The van der Waals surface area contributed by atoms with Crippen LogP contribution in [0.1, 0.15) is 168 Å². The third-order valence-corrected chi connectivity index (χ3v) is 8.70. The van der Waals surface area contributed by atoms with E-state index in [1.807, 2.05) is 21.1 Å². The highest BCUT2D eigenvalue weighted by atomic mass is 16.7. The molecule has 0 bridgehead atoms. The van der Waals surface area contributed by atoms with E-state index in [0.29, 0.717) is 23.9 Å². The second kappa shape index (κ2) is 34.8. The molecule has 0 aromatic heterocycles. The molecule has 0 amide bonds. The fourth-order valence-electron chi connectivity index (χ4n) is 5.45. The van der Waals surface area contributed by atoms with Gasteiger partial charge in [0, 0.05) is 12.8 Å². The molecule has 51 heavy (non-hydrogen) atoms. The number of carbonyl (C=O) groups excluding carboxylic acids is 3. The van der Waals surface area contributed by atoms with E-state index < -0.39 is 24.3 Å². The summed E-state index contributed by atoms with van der Waals surface area (Å²) in [5.74, 6) is -2.30. The van der Waals surface area contributed by atoms with Gasteiger partial charge in [-0.05, 0) is 44.9 Å². The van der Waals surface area contributed by atoms with E-state index in [0.717, 1.165) is 51.4 Å². The number of esters is 2. The van der Waals surface area contributed by atoms with Crippen molar-refractivity contribution >= 4 is 17.9 Å². The van der Waals surface area contributed by atoms with Gasteiger partial charge in [0.05, 0.1) is 40.3 Å². The Morgan fingerprint density at radius 2 is 1.06 bits per heavy atom. The molecule has 298 valence electrons. The van der Waals surface area contributed by atoms with E-state index in [1.54, 1.807) is 0 Å². The maximum Gasteiger partial charge on any atom is 0.306 e. The Labute approximate surface area is 312 Å². The van der Waals surface area contributed by atoms with Crippen molar-refractivity contribution in [2.45, 2.75) is 180 Å². The van der Waals surface area contributed by atoms with Gasteiger partial charge in [0.1, 0.15) is 13.2 Å². The first-order chi connectivity index (χ1) is 24.6. The smallest absolute Gasteiger partial charge is 0.306 e. The number of ether oxygens (including phenoxy) is 4. The molecule has 0 fully saturated rings. The van der Waals surface area contributed by atoms with Crippen LogP contribution >= 0.6 is 0 Å². The largest absolute Gasteiger partial charge is 0.545 e. The van der Waals surface area contributed by atoms with Gasteiger partial charge < -0.3 is 33.3 Å². The zero-order valence-corrected chi connectivity index (χ0v) is 33.5. The van der Waals surface area contributed by atoms with Gasteiger partial charge >= 0.3 is 11.9 Å². The Morgan fingerprint density at radius 1 is 0.588 bits per heavy atom. The first-order valence-corrected chi connectivity index (χ1v) is 20.5. The number of quaternary nitrogens is 1. The topological polar surface area (TPSA) is 111 Å². The van der Waals surface area contributed by atoms with Crippen LogP contribution in [0.15, 0.2) is 24.3 Å². The zero-order valence-electron chi connectivity index (χ0n) is 33.5. The molecule has 2 atom stereocenters. The van der Waals surface area contributed by atoms with Crippen LogP contribution < -0.4 is 5.11 Å². The lowest BCUT2D eigenvalue weighted by Gasteiger charge is -2.26. The number of unbranched alkanes of at least 4 members (excludes halogenated alkanes) is 18. The molecule has 0 aliphatic carbocycles. The number of carboxylic acids is 1. The molecular weight excluding hydrogens is 646 g/mol. The summed E-state index contributed by atoms with van der Waals surface area (Å²) in [7, 11) is 5.89.